The molecular weight excluding hydrogens is 268 g/mol. The monoisotopic (exact) mass is 286 g/mol. The van der Waals surface area contributed by atoms with Crippen molar-refractivity contribution in [2.45, 2.75) is 19.8 Å². The van der Waals surface area contributed by atoms with Crippen LogP contribution in [0, 0.1) is 0 Å². The molecule has 0 fully saturated rings. The van der Waals surface area contributed by atoms with Crippen molar-refractivity contribution in [2.24, 2.45) is 0 Å². The lowest BCUT2D eigenvalue weighted by molar-refractivity contribution is -0.120. The number of carbonyl (C=O) groups excluding carboxylic acids is 2. The van der Waals surface area contributed by atoms with Gasteiger partial charge in [-0.25, -0.2) is 4.98 Å². The van der Waals surface area contributed by atoms with E-state index in [0.29, 0.717) is 12.4 Å². The molecule has 2 amide bonds. The zero-order valence-corrected chi connectivity index (χ0v) is 11.6. The molecule has 0 unspecified atom stereocenters. The van der Waals surface area contributed by atoms with Gasteiger partial charge in [-0.1, -0.05) is 13.0 Å². The largest absolute Gasteiger partial charge is 0.384 e. The maximum atomic E-state index is 11.6. The highest BCUT2D eigenvalue weighted by molar-refractivity contribution is 5.92. The van der Waals surface area contributed by atoms with Gasteiger partial charge in [-0.3, -0.25) is 9.59 Å². The third kappa shape index (κ3) is 6.61. The Kier molecular flexibility index (Phi) is 8.28. The third-order valence-corrected chi connectivity index (χ3v) is 2.21. The fourth-order valence-corrected chi connectivity index (χ4v) is 1.31. The Balaban J connectivity index is 0.00000324. The van der Waals surface area contributed by atoms with E-state index in [9.17, 15) is 9.59 Å². The van der Waals surface area contributed by atoms with Gasteiger partial charge >= 0.3 is 0 Å². The Hall–Kier alpha value is -1.82. The molecule has 1 rings (SSSR count). The highest BCUT2D eigenvalue weighted by Crippen LogP contribution is 1.99. The maximum Gasteiger partial charge on any atom is 0.269 e. The van der Waals surface area contributed by atoms with Crippen LogP contribution in [0.25, 0.3) is 0 Å². The lowest BCUT2D eigenvalue weighted by Gasteiger charge is -2.05. The molecule has 0 aliphatic heterocycles. The summed E-state index contributed by atoms with van der Waals surface area (Å²) < 4.78 is 0. The summed E-state index contributed by atoms with van der Waals surface area (Å²) >= 11 is 0. The topological polar surface area (TPSA) is 97.1 Å². The van der Waals surface area contributed by atoms with Crippen molar-refractivity contribution in [3.05, 3.63) is 23.9 Å². The highest BCUT2D eigenvalue weighted by atomic mass is 35.5. The van der Waals surface area contributed by atoms with Gasteiger partial charge in [-0.2, -0.15) is 0 Å². The minimum Gasteiger partial charge on any atom is -0.384 e. The fourth-order valence-electron chi connectivity index (χ4n) is 1.31. The van der Waals surface area contributed by atoms with E-state index in [2.05, 4.69) is 15.6 Å². The van der Waals surface area contributed by atoms with Crippen molar-refractivity contribution in [2.75, 3.05) is 18.8 Å². The Labute approximate surface area is 118 Å². The van der Waals surface area contributed by atoms with Gasteiger partial charge in [-0.05, 0) is 18.6 Å². The quantitative estimate of drug-likeness (QED) is 0.718. The van der Waals surface area contributed by atoms with Crippen LogP contribution in [0.3, 0.4) is 0 Å². The van der Waals surface area contributed by atoms with E-state index in [1.807, 2.05) is 6.92 Å². The zero-order valence-electron chi connectivity index (χ0n) is 10.8. The Bertz CT molecular complexity index is 426. The van der Waals surface area contributed by atoms with E-state index in [0.717, 1.165) is 6.42 Å². The van der Waals surface area contributed by atoms with E-state index in [1.54, 1.807) is 18.2 Å². The van der Waals surface area contributed by atoms with Crippen molar-refractivity contribution < 1.29 is 9.59 Å². The van der Waals surface area contributed by atoms with Crippen LogP contribution in [0.15, 0.2) is 18.2 Å². The summed E-state index contributed by atoms with van der Waals surface area (Å²) in [4.78, 5) is 26.8. The van der Waals surface area contributed by atoms with E-state index in [1.165, 1.54) is 0 Å². The van der Waals surface area contributed by atoms with Crippen molar-refractivity contribution >= 4 is 30.0 Å². The molecule has 1 aromatic heterocycles. The predicted octanol–water partition coefficient (Wildman–Crippen LogP) is 0.732. The van der Waals surface area contributed by atoms with Crippen molar-refractivity contribution in [3.63, 3.8) is 0 Å². The molecule has 0 bridgehead atoms. The van der Waals surface area contributed by atoms with Gasteiger partial charge in [-0.15, -0.1) is 12.4 Å². The van der Waals surface area contributed by atoms with E-state index in [-0.39, 0.29) is 42.9 Å². The average molecular weight is 287 g/mol. The number of aromatic nitrogens is 1. The van der Waals surface area contributed by atoms with Gasteiger partial charge in [0.2, 0.25) is 5.91 Å². The first kappa shape index (κ1) is 17.2. The maximum absolute atomic E-state index is 11.6. The Morgan fingerprint density at radius 3 is 2.63 bits per heavy atom. The summed E-state index contributed by atoms with van der Waals surface area (Å²) in [5, 5.41) is 5.34. The molecule has 19 heavy (non-hydrogen) atoms. The molecule has 0 aromatic carbocycles. The lowest BCUT2D eigenvalue weighted by atomic mass is 10.3. The molecule has 0 radical (unpaired) electrons. The molecule has 0 spiro atoms. The normalized spacial score (nSPS) is 9.32. The molecule has 6 nitrogen and oxygen atoms in total. The Morgan fingerprint density at radius 2 is 2.00 bits per heavy atom. The second-order valence-electron chi connectivity index (χ2n) is 3.80. The fraction of sp³-hybridized carbons (Fsp3) is 0.417. The number of hydrogen-bond donors (Lipinski definition) is 3. The highest BCUT2D eigenvalue weighted by Gasteiger charge is 2.07. The van der Waals surface area contributed by atoms with Crippen molar-refractivity contribution in [3.8, 4) is 0 Å². The van der Waals surface area contributed by atoms with Crippen LogP contribution >= 0.6 is 12.4 Å². The molecule has 106 valence electrons. The van der Waals surface area contributed by atoms with Crippen LogP contribution in [0.5, 0.6) is 0 Å². The van der Waals surface area contributed by atoms with Crippen LogP contribution in [0.4, 0.5) is 5.82 Å². The number of amides is 2. The van der Waals surface area contributed by atoms with Crippen LogP contribution < -0.4 is 16.4 Å². The molecule has 4 N–H and O–H groups in total. The van der Waals surface area contributed by atoms with E-state index >= 15 is 0 Å². The second kappa shape index (κ2) is 9.16. The molecular formula is C12H19ClN4O2. The molecule has 0 aliphatic carbocycles. The average Bonchev–Trinajstić information content (AvgIpc) is 2.36. The summed E-state index contributed by atoms with van der Waals surface area (Å²) in [6, 6.07) is 4.84. The van der Waals surface area contributed by atoms with Crippen LogP contribution in [0.1, 0.15) is 30.3 Å². The van der Waals surface area contributed by atoms with Crippen molar-refractivity contribution in [1.29, 1.82) is 0 Å². The smallest absolute Gasteiger partial charge is 0.269 e. The van der Waals surface area contributed by atoms with Crippen LogP contribution in [-0.4, -0.2) is 29.9 Å². The number of hydrogen-bond acceptors (Lipinski definition) is 4. The molecule has 0 saturated heterocycles. The number of carbonyl (C=O) groups is 2. The number of rotatable bonds is 6. The number of nitrogens with zero attached hydrogens (tertiary/aromatic N) is 1. The molecule has 0 saturated carbocycles. The number of halogens is 1. The number of nitrogens with one attached hydrogen (secondary N) is 2. The lowest BCUT2D eigenvalue weighted by Crippen LogP contribution is -2.31. The standard InChI is InChI=1S/C12H18N4O2.ClH/c1-2-7-14-11(17)6-8-15-12(18)9-4-3-5-10(13)16-9;/h3-5H,2,6-8H2,1H3,(H2,13,16)(H,14,17)(H,15,18);1H. The molecule has 0 atom stereocenters. The molecule has 7 heteroatoms. The number of pyridine rings is 1. The number of anilines is 1. The van der Waals surface area contributed by atoms with Gasteiger partial charge < -0.3 is 16.4 Å². The number of nitrogen functional groups attached to an aromatic ring is 1. The first-order valence-electron chi connectivity index (χ1n) is 5.91. The summed E-state index contributed by atoms with van der Waals surface area (Å²) in [7, 11) is 0. The predicted molar refractivity (Wildman–Crippen MR) is 76.1 cm³/mol. The van der Waals surface area contributed by atoms with E-state index < -0.39 is 0 Å². The van der Waals surface area contributed by atoms with Gasteiger partial charge in [0.25, 0.3) is 5.91 Å². The molecule has 1 heterocycles. The third-order valence-electron chi connectivity index (χ3n) is 2.21. The van der Waals surface area contributed by atoms with Gasteiger partial charge in [0, 0.05) is 19.5 Å². The second-order valence-corrected chi connectivity index (χ2v) is 3.80. The first-order chi connectivity index (χ1) is 8.63. The molecule has 0 aliphatic rings. The summed E-state index contributed by atoms with van der Waals surface area (Å²) in [5.74, 6) is -0.105. The minimum atomic E-state index is -0.328. The first-order valence-corrected chi connectivity index (χ1v) is 5.91. The molecule has 1 aromatic rings. The SMILES string of the molecule is CCCNC(=O)CCNC(=O)c1cccc(N)n1.Cl. The van der Waals surface area contributed by atoms with Crippen LogP contribution in [0.2, 0.25) is 0 Å². The van der Waals surface area contributed by atoms with Gasteiger partial charge in [0.05, 0.1) is 0 Å². The Morgan fingerprint density at radius 1 is 1.26 bits per heavy atom. The minimum absolute atomic E-state index is 0. The van der Waals surface area contributed by atoms with Gasteiger partial charge in [0.1, 0.15) is 11.5 Å². The summed E-state index contributed by atoms with van der Waals surface area (Å²) in [5.41, 5.74) is 5.73. The summed E-state index contributed by atoms with van der Waals surface area (Å²) in [6.07, 6.45) is 1.15. The number of nitrogens with two attached hydrogens (primary N) is 1. The van der Waals surface area contributed by atoms with E-state index in [4.69, 9.17) is 5.73 Å². The van der Waals surface area contributed by atoms with Gasteiger partial charge in [0.15, 0.2) is 0 Å². The van der Waals surface area contributed by atoms with Crippen LogP contribution in [-0.2, 0) is 4.79 Å². The van der Waals surface area contributed by atoms with Crippen molar-refractivity contribution in [1.82, 2.24) is 15.6 Å². The zero-order chi connectivity index (χ0) is 13.4. The summed E-state index contributed by atoms with van der Waals surface area (Å²) in [6.45, 7) is 2.92.